The van der Waals surface area contributed by atoms with Crippen LogP contribution in [0.1, 0.15) is 33.6 Å². The van der Waals surface area contributed by atoms with Gasteiger partial charge in [0.25, 0.3) is 0 Å². The fourth-order valence-electron chi connectivity index (χ4n) is 0.716. The van der Waals surface area contributed by atoms with E-state index in [4.69, 9.17) is 4.74 Å². The van der Waals surface area contributed by atoms with Gasteiger partial charge in [-0.15, -0.1) is 11.8 Å². The van der Waals surface area contributed by atoms with E-state index in [1.807, 2.05) is 0 Å². The fraction of sp³-hybridized carbons (Fsp3) is 0.700. The molecule has 0 rings (SSSR count). The maximum absolute atomic E-state index is 11.4. The Labute approximate surface area is 74.3 Å². The van der Waals surface area contributed by atoms with E-state index < -0.39 is 5.60 Å². The number of ether oxygens (including phenoxy) is 1. The summed E-state index contributed by atoms with van der Waals surface area (Å²) in [6.07, 6.45) is 1.10. The van der Waals surface area contributed by atoms with Crippen LogP contribution in [0.4, 0.5) is 0 Å². The van der Waals surface area contributed by atoms with E-state index in [0.717, 1.165) is 0 Å². The normalized spacial score (nSPS) is 10.3. The second-order valence-electron chi connectivity index (χ2n) is 3.06. The van der Waals surface area contributed by atoms with Crippen LogP contribution in [0, 0.1) is 11.8 Å². The highest BCUT2D eigenvalue weighted by Crippen LogP contribution is 2.12. The van der Waals surface area contributed by atoms with Crippen LogP contribution < -0.4 is 0 Å². The molecule has 0 unspecified atom stereocenters. The van der Waals surface area contributed by atoms with Crippen molar-refractivity contribution in [2.75, 3.05) is 7.11 Å². The molecule has 12 heavy (non-hydrogen) atoms. The van der Waals surface area contributed by atoms with E-state index in [0.29, 0.717) is 12.8 Å². The van der Waals surface area contributed by atoms with E-state index in [-0.39, 0.29) is 5.78 Å². The predicted octanol–water partition coefficient (Wildman–Crippen LogP) is 1.78. The van der Waals surface area contributed by atoms with Gasteiger partial charge in [0.05, 0.1) is 0 Å². The van der Waals surface area contributed by atoms with Gasteiger partial charge < -0.3 is 4.74 Å². The Morgan fingerprint density at radius 1 is 1.50 bits per heavy atom. The van der Waals surface area contributed by atoms with Crippen LogP contribution in [0.2, 0.25) is 0 Å². The Hall–Kier alpha value is -0.810. The van der Waals surface area contributed by atoms with E-state index in [1.165, 1.54) is 0 Å². The number of rotatable bonds is 4. The largest absolute Gasteiger partial charge is 0.371 e. The van der Waals surface area contributed by atoms with Crippen molar-refractivity contribution < 1.29 is 9.53 Å². The minimum absolute atomic E-state index is 0.104. The molecule has 0 amide bonds. The van der Waals surface area contributed by atoms with Gasteiger partial charge in [-0.05, 0) is 20.8 Å². The number of ketones is 1. The molecule has 0 saturated heterocycles. The summed E-state index contributed by atoms with van der Waals surface area (Å²) < 4.78 is 5.03. The van der Waals surface area contributed by atoms with Gasteiger partial charge in [0.15, 0.2) is 5.78 Å². The smallest absolute Gasteiger partial charge is 0.164 e. The first-order valence-electron chi connectivity index (χ1n) is 4.02. The molecule has 0 heterocycles. The number of methoxy groups -OCH3 is 1. The van der Waals surface area contributed by atoms with Crippen LogP contribution in [0.5, 0.6) is 0 Å². The lowest BCUT2D eigenvalue weighted by Gasteiger charge is -2.20. The van der Waals surface area contributed by atoms with Gasteiger partial charge in [-0.25, -0.2) is 0 Å². The Morgan fingerprint density at radius 2 is 2.08 bits per heavy atom. The number of carbonyl (C=O) groups is 1. The van der Waals surface area contributed by atoms with E-state index in [1.54, 1.807) is 27.9 Å². The number of Topliss-reactive ketones (excluding diaryl/α,β-unsaturated/α-hetero) is 1. The van der Waals surface area contributed by atoms with Crippen LogP contribution >= 0.6 is 0 Å². The maximum Gasteiger partial charge on any atom is 0.164 e. The molecular formula is C10H16O2. The highest BCUT2D eigenvalue weighted by Gasteiger charge is 2.25. The Morgan fingerprint density at radius 3 is 2.50 bits per heavy atom. The van der Waals surface area contributed by atoms with E-state index in [2.05, 4.69) is 11.8 Å². The van der Waals surface area contributed by atoms with Crippen LogP contribution in [-0.2, 0) is 9.53 Å². The van der Waals surface area contributed by atoms with Crippen molar-refractivity contribution >= 4 is 5.78 Å². The Kier molecular flexibility index (Phi) is 4.61. The first kappa shape index (κ1) is 11.2. The zero-order chi connectivity index (χ0) is 9.61. The third kappa shape index (κ3) is 3.54. The number of hydrogen-bond donors (Lipinski definition) is 0. The van der Waals surface area contributed by atoms with Gasteiger partial charge in [-0.2, -0.15) is 0 Å². The molecule has 0 aliphatic rings. The standard InChI is InChI=1S/C10H16O2/c1-5-6-7-8-9(11)10(2,3)12-4/h7-8H2,1-4H3. The lowest BCUT2D eigenvalue weighted by molar-refractivity contribution is -0.137. The number of hydrogen-bond acceptors (Lipinski definition) is 2. The summed E-state index contributed by atoms with van der Waals surface area (Å²) >= 11 is 0. The summed E-state index contributed by atoms with van der Waals surface area (Å²) in [7, 11) is 1.55. The van der Waals surface area contributed by atoms with Crippen LogP contribution in [-0.4, -0.2) is 18.5 Å². The molecular weight excluding hydrogens is 152 g/mol. The molecule has 0 aliphatic heterocycles. The van der Waals surface area contributed by atoms with Crippen molar-refractivity contribution in [3.8, 4) is 11.8 Å². The molecule has 0 atom stereocenters. The number of carbonyl (C=O) groups excluding carboxylic acids is 1. The van der Waals surface area contributed by atoms with Crippen molar-refractivity contribution in [2.24, 2.45) is 0 Å². The minimum Gasteiger partial charge on any atom is -0.371 e. The fourth-order valence-corrected chi connectivity index (χ4v) is 0.716. The zero-order valence-electron chi connectivity index (χ0n) is 8.23. The van der Waals surface area contributed by atoms with Gasteiger partial charge in [0, 0.05) is 20.0 Å². The third-order valence-electron chi connectivity index (χ3n) is 1.84. The average Bonchev–Trinajstić information content (AvgIpc) is 2.05. The SMILES string of the molecule is CC#CCCC(=O)C(C)(C)OC. The maximum atomic E-state index is 11.4. The molecule has 0 aliphatic carbocycles. The van der Waals surface area contributed by atoms with Gasteiger partial charge in [0.2, 0.25) is 0 Å². The zero-order valence-corrected chi connectivity index (χ0v) is 8.23. The Balaban J connectivity index is 3.93. The molecule has 0 aromatic carbocycles. The monoisotopic (exact) mass is 168 g/mol. The highest BCUT2D eigenvalue weighted by atomic mass is 16.5. The molecule has 0 spiro atoms. The van der Waals surface area contributed by atoms with Crippen molar-refractivity contribution in [1.82, 2.24) is 0 Å². The van der Waals surface area contributed by atoms with Crippen LogP contribution in [0.3, 0.4) is 0 Å². The molecule has 0 bridgehead atoms. The topological polar surface area (TPSA) is 26.3 Å². The van der Waals surface area contributed by atoms with Crippen LogP contribution in [0.25, 0.3) is 0 Å². The summed E-state index contributed by atoms with van der Waals surface area (Å²) in [5, 5.41) is 0. The predicted molar refractivity (Wildman–Crippen MR) is 48.8 cm³/mol. The van der Waals surface area contributed by atoms with Gasteiger partial charge in [-0.1, -0.05) is 0 Å². The first-order chi connectivity index (χ1) is 5.54. The molecule has 68 valence electrons. The second-order valence-corrected chi connectivity index (χ2v) is 3.06. The van der Waals surface area contributed by atoms with Crippen molar-refractivity contribution in [2.45, 2.75) is 39.2 Å². The first-order valence-corrected chi connectivity index (χ1v) is 4.02. The minimum atomic E-state index is -0.657. The summed E-state index contributed by atoms with van der Waals surface area (Å²) in [5.74, 6) is 5.70. The van der Waals surface area contributed by atoms with Gasteiger partial charge in [0.1, 0.15) is 5.60 Å². The van der Waals surface area contributed by atoms with E-state index >= 15 is 0 Å². The average molecular weight is 168 g/mol. The molecule has 2 heteroatoms. The molecule has 0 aromatic rings. The van der Waals surface area contributed by atoms with Gasteiger partial charge >= 0.3 is 0 Å². The summed E-state index contributed by atoms with van der Waals surface area (Å²) in [5.41, 5.74) is -0.657. The van der Waals surface area contributed by atoms with E-state index in [9.17, 15) is 4.79 Å². The highest BCUT2D eigenvalue weighted by molar-refractivity contribution is 5.86. The van der Waals surface area contributed by atoms with Crippen LogP contribution in [0.15, 0.2) is 0 Å². The molecule has 0 N–H and O–H groups in total. The lowest BCUT2D eigenvalue weighted by Crippen LogP contribution is -2.33. The Bertz CT molecular complexity index is 206. The van der Waals surface area contributed by atoms with Crippen molar-refractivity contribution in [3.05, 3.63) is 0 Å². The summed E-state index contributed by atoms with van der Waals surface area (Å²) in [4.78, 5) is 11.4. The molecule has 0 saturated carbocycles. The molecule has 0 fully saturated rings. The summed E-state index contributed by atoms with van der Waals surface area (Å²) in [6.45, 7) is 5.31. The molecule has 0 aromatic heterocycles. The van der Waals surface area contributed by atoms with Gasteiger partial charge in [-0.3, -0.25) is 4.79 Å². The quantitative estimate of drug-likeness (QED) is 0.598. The lowest BCUT2D eigenvalue weighted by atomic mass is 9.99. The second kappa shape index (κ2) is 4.95. The van der Waals surface area contributed by atoms with Crippen molar-refractivity contribution in [1.29, 1.82) is 0 Å². The molecule has 0 radical (unpaired) electrons. The summed E-state index contributed by atoms with van der Waals surface area (Å²) in [6, 6.07) is 0. The molecule has 2 nitrogen and oxygen atoms in total. The van der Waals surface area contributed by atoms with Crippen molar-refractivity contribution in [3.63, 3.8) is 0 Å². The third-order valence-corrected chi connectivity index (χ3v) is 1.84.